The Kier molecular flexibility index (Phi) is 3.97. The smallest absolute Gasteiger partial charge is 0.257 e. The van der Waals surface area contributed by atoms with Crippen molar-refractivity contribution in [2.24, 2.45) is 0 Å². The van der Waals surface area contributed by atoms with Crippen molar-refractivity contribution in [2.75, 3.05) is 11.1 Å². The van der Waals surface area contributed by atoms with Crippen molar-refractivity contribution < 1.29 is 4.79 Å². The van der Waals surface area contributed by atoms with Crippen LogP contribution in [0.25, 0.3) is 10.9 Å². The number of rotatable bonds is 4. The molecule has 3 aromatic rings. The number of benzene rings is 2. The number of amides is 1. The predicted octanol–water partition coefficient (Wildman–Crippen LogP) is 4.53. The van der Waals surface area contributed by atoms with Crippen LogP contribution >= 0.6 is 11.8 Å². The molecule has 0 bridgehead atoms. The summed E-state index contributed by atoms with van der Waals surface area (Å²) >= 11 is 1.72. The van der Waals surface area contributed by atoms with E-state index in [2.05, 4.69) is 17.2 Å². The van der Waals surface area contributed by atoms with E-state index < -0.39 is 0 Å². The maximum absolute atomic E-state index is 12.5. The van der Waals surface area contributed by atoms with Crippen molar-refractivity contribution in [2.45, 2.75) is 11.8 Å². The van der Waals surface area contributed by atoms with E-state index in [1.807, 2.05) is 48.5 Å². The van der Waals surface area contributed by atoms with Gasteiger partial charge in [-0.3, -0.25) is 4.79 Å². The Morgan fingerprint density at radius 2 is 1.90 bits per heavy atom. The minimum absolute atomic E-state index is 0.0865. The van der Waals surface area contributed by atoms with Crippen LogP contribution in [0.15, 0.2) is 59.6 Å². The summed E-state index contributed by atoms with van der Waals surface area (Å²) in [6.07, 6.45) is 1.76. The Morgan fingerprint density at radius 1 is 1.14 bits per heavy atom. The summed E-state index contributed by atoms with van der Waals surface area (Å²) in [4.78, 5) is 16.7. The second-order valence-electron chi connectivity index (χ2n) is 4.63. The van der Waals surface area contributed by atoms with Gasteiger partial charge in [0.25, 0.3) is 5.91 Å². The second-order valence-corrected chi connectivity index (χ2v) is 5.94. The van der Waals surface area contributed by atoms with Crippen LogP contribution in [-0.2, 0) is 0 Å². The molecule has 0 saturated carbocycles. The van der Waals surface area contributed by atoms with E-state index in [1.165, 1.54) is 0 Å². The summed E-state index contributed by atoms with van der Waals surface area (Å²) in [7, 11) is 0. The lowest BCUT2D eigenvalue weighted by molar-refractivity contribution is 0.102. The number of anilines is 1. The SMILES string of the molecule is CCSc1ccccc1NC(=O)c1c[nH]c2ccccc12. The molecule has 0 aliphatic rings. The Labute approximate surface area is 127 Å². The molecule has 1 aromatic heterocycles. The van der Waals surface area contributed by atoms with Crippen LogP contribution in [0.3, 0.4) is 0 Å². The zero-order valence-corrected chi connectivity index (χ0v) is 12.5. The Morgan fingerprint density at radius 3 is 2.76 bits per heavy atom. The second kappa shape index (κ2) is 6.06. The molecule has 1 heterocycles. The highest BCUT2D eigenvalue weighted by atomic mass is 32.2. The lowest BCUT2D eigenvalue weighted by atomic mass is 10.1. The first-order valence-electron chi connectivity index (χ1n) is 6.89. The highest BCUT2D eigenvalue weighted by Crippen LogP contribution is 2.27. The van der Waals surface area contributed by atoms with Gasteiger partial charge in [0, 0.05) is 22.0 Å². The first-order chi connectivity index (χ1) is 10.3. The maximum atomic E-state index is 12.5. The van der Waals surface area contributed by atoms with Crippen LogP contribution in [0.4, 0.5) is 5.69 Å². The number of carbonyl (C=O) groups excluding carboxylic acids is 1. The van der Waals surface area contributed by atoms with Gasteiger partial charge in [-0.25, -0.2) is 0 Å². The number of aromatic nitrogens is 1. The molecular formula is C17H16N2OS. The van der Waals surface area contributed by atoms with Crippen molar-refractivity contribution in [3.8, 4) is 0 Å². The molecule has 106 valence electrons. The van der Waals surface area contributed by atoms with Gasteiger partial charge < -0.3 is 10.3 Å². The lowest BCUT2D eigenvalue weighted by Gasteiger charge is -2.09. The van der Waals surface area contributed by atoms with Gasteiger partial charge >= 0.3 is 0 Å². The summed E-state index contributed by atoms with van der Waals surface area (Å²) in [6.45, 7) is 2.10. The van der Waals surface area contributed by atoms with Gasteiger partial charge in [-0.2, -0.15) is 0 Å². The number of thioether (sulfide) groups is 1. The highest BCUT2D eigenvalue weighted by molar-refractivity contribution is 7.99. The topological polar surface area (TPSA) is 44.9 Å². The largest absolute Gasteiger partial charge is 0.360 e. The lowest BCUT2D eigenvalue weighted by Crippen LogP contribution is -2.12. The number of aromatic amines is 1. The van der Waals surface area contributed by atoms with Crippen LogP contribution in [0.2, 0.25) is 0 Å². The minimum Gasteiger partial charge on any atom is -0.360 e. The van der Waals surface area contributed by atoms with Gasteiger partial charge in [0.2, 0.25) is 0 Å². The summed E-state index contributed by atoms with van der Waals surface area (Å²) in [5, 5.41) is 3.95. The third kappa shape index (κ3) is 2.81. The summed E-state index contributed by atoms with van der Waals surface area (Å²) in [5.74, 6) is 0.886. The van der Waals surface area contributed by atoms with Crippen LogP contribution < -0.4 is 5.32 Å². The van der Waals surface area contributed by atoms with Gasteiger partial charge in [-0.1, -0.05) is 37.3 Å². The number of H-pyrrole nitrogens is 1. The van der Waals surface area contributed by atoms with Crippen LogP contribution in [0.5, 0.6) is 0 Å². The maximum Gasteiger partial charge on any atom is 0.257 e. The van der Waals surface area contributed by atoms with Gasteiger partial charge in [0.1, 0.15) is 0 Å². The Balaban J connectivity index is 1.90. The molecule has 0 saturated heterocycles. The van der Waals surface area contributed by atoms with Crippen molar-refractivity contribution >= 4 is 34.3 Å². The van der Waals surface area contributed by atoms with Gasteiger partial charge in [0.05, 0.1) is 11.3 Å². The Bertz CT molecular complexity index is 779. The molecule has 21 heavy (non-hydrogen) atoms. The molecule has 0 unspecified atom stereocenters. The molecule has 2 N–H and O–H groups in total. The van der Waals surface area contributed by atoms with Crippen molar-refractivity contribution in [3.05, 3.63) is 60.3 Å². The van der Waals surface area contributed by atoms with E-state index in [-0.39, 0.29) is 5.91 Å². The molecule has 0 atom stereocenters. The number of fused-ring (bicyclic) bond motifs is 1. The van der Waals surface area contributed by atoms with Gasteiger partial charge in [-0.05, 0) is 24.0 Å². The fourth-order valence-corrected chi connectivity index (χ4v) is 3.06. The highest BCUT2D eigenvalue weighted by Gasteiger charge is 2.13. The van der Waals surface area contributed by atoms with Crippen molar-refractivity contribution in [1.29, 1.82) is 0 Å². The van der Waals surface area contributed by atoms with E-state index in [0.29, 0.717) is 5.56 Å². The fraction of sp³-hybridized carbons (Fsp3) is 0.118. The molecule has 0 aliphatic carbocycles. The average molecular weight is 296 g/mol. The molecule has 3 rings (SSSR count). The average Bonchev–Trinajstić information content (AvgIpc) is 2.93. The third-order valence-corrected chi connectivity index (χ3v) is 4.22. The van der Waals surface area contributed by atoms with Crippen molar-refractivity contribution in [3.63, 3.8) is 0 Å². The molecule has 0 spiro atoms. The zero-order chi connectivity index (χ0) is 14.7. The summed E-state index contributed by atoms with van der Waals surface area (Å²) < 4.78 is 0. The van der Waals surface area contributed by atoms with Crippen LogP contribution in [0, 0.1) is 0 Å². The molecule has 3 nitrogen and oxygen atoms in total. The quantitative estimate of drug-likeness (QED) is 0.695. The number of para-hydroxylation sites is 2. The number of carbonyl (C=O) groups is 1. The monoisotopic (exact) mass is 296 g/mol. The van der Waals surface area contributed by atoms with E-state index in [9.17, 15) is 4.79 Å². The summed E-state index contributed by atoms with van der Waals surface area (Å²) in [5.41, 5.74) is 2.50. The van der Waals surface area contributed by atoms with E-state index in [4.69, 9.17) is 0 Å². The first kappa shape index (κ1) is 13.8. The molecule has 0 aliphatic heterocycles. The van der Waals surface area contributed by atoms with E-state index in [0.717, 1.165) is 27.2 Å². The number of hydrogen-bond donors (Lipinski definition) is 2. The van der Waals surface area contributed by atoms with Crippen LogP contribution in [-0.4, -0.2) is 16.6 Å². The Hall–Kier alpha value is -2.20. The van der Waals surface area contributed by atoms with E-state index in [1.54, 1.807) is 18.0 Å². The first-order valence-corrected chi connectivity index (χ1v) is 7.87. The summed E-state index contributed by atoms with van der Waals surface area (Å²) in [6, 6.07) is 15.7. The zero-order valence-electron chi connectivity index (χ0n) is 11.7. The standard InChI is InChI=1S/C17H16N2OS/c1-2-21-16-10-6-5-9-15(16)19-17(20)13-11-18-14-8-4-3-7-12(13)14/h3-11,18H,2H2,1H3,(H,19,20). The number of hydrogen-bond acceptors (Lipinski definition) is 2. The number of nitrogens with one attached hydrogen (secondary N) is 2. The molecule has 0 fully saturated rings. The van der Waals surface area contributed by atoms with Crippen LogP contribution in [0.1, 0.15) is 17.3 Å². The molecule has 1 amide bonds. The normalized spacial score (nSPS) is 10.7. The van der Waals surface area contributed by atoms with Gasteiger partial charge in [-0.15, -0.1) is 11.8 Å². The van der Waals surface area contributed by atoms with E-state index >= 15 is 0 Å². The molecule has 2 aromatic carbocycles. The van der Waals surface area contributed by atoms with Crippen molar-refractivity contribution in [1.82, 2.24) is 4.98 Å². The van der Waals surface area contributed by atoms with Gasteiger partial charge in [0.15, 0.2) is 0 Å². The fourth-order valence-electron chi connectivity index (χ4n) is 2.30. The predicted molar refractivity (Wildman–Crippen MR) is 89.1 cm³/mol. The molecule has 0 radical (unpaired) electrons. The molecule has 4 heteroatoms. The molecular weight excluding hydrogens is 280 g/mol. The third-order valence-electron chi connectivity index (χ3n) is 3.27. The minimum atomic E-state index is -0.0865.